The van der Waals surface area contributed by atoms with E-state index in [1.165, 1.54) is 0 Å². The maximum atomic E-state index is 8.83. The summed E-state index contributed by atoms with van der Waals surface area (Å²) in [5.41, 5.74) is 0. The van der Waals surface area contributed by atoms with Gasteiger partial charge in [-0.2, -0.15) is 0 Å². The van der Waals surface area contributed by atoms with Gasteiger partial charge in [-0.3, -0.25) is 4.90 Å². The second-order valence-corrected chi connectivity index (χ2v) is 3.11. The van der Waals surface area contributed by atoms with Gasteiger partial charge in [0.05, 0.1) is 12.9 Å². The van der Waals surface area contributed by atoms with Crippen molar-refractivity contribution in [3.63, 3.8) is 0 Å². The minimum Gasteiger partial charge on any atom is -0.395 e. The summed E-state index contributed by atoms with van der Waals surface area (Å²) in [4.78, 5) is 6.11. The van der Waals surface area contributed by atoms with Crippen molar-refractivity contribution in [3.8, 4) is 0 Å². The fourth-order valence-electron chi connectivity index (χ4n) is 1.29. The van der Waals surface area contributed by atoms with Crippen LogP contribution in [0.25, 0.3) is 0 Å². The third-order valence-corrected chi connectivity index (χ3v) is 2.04. The molecule has 0 bridgehead atoms. The Kier molecular flexibility index (Phi) is 4.96. The molecule has 14 heavy (non-hydrogen) atoms. The zero-order chi connectivity index (χ0) is 10.2. The van der Waals surface area contributed by atoms with Gasteiger partial charge >= 0.3 is 0 Å². The van der Waals surface area contributed by atoms with Crippen molar-refractivity contribution in [2.45, 2.75) is 6.54 Å². The molecule has 0 aromatic carbocycles. The summed E-state index contributed by atoms with van der Waals surface area (Å²) in [7, 11) is 0. The van der Waals surface area contributed by atoms with E-state index in [1.807, 2.05) is 16.8 Å². The van der Waals surface area contributed by atoms with Crippen molar-refractivity contribution in [1.29, 1.82) is 0 Å². The lowest BCUT2D eigenvalue weighted by Crippen LogP contribution is -2.30. The molecule has 0 spiro atoms. The molecule has 0 amide bonds. The summed E-state index contributed by atoms with van der Waals surface area (Å²) in [5.74, 6) is 0. The summed E-state index contributed by atoms with van der Waals surface area (Å²) >= 11 is 0. The molecule has 0 aliphatic carbocycles. The first-order chi connectivity index (χ1) is 6.86. The Hall–Kier alpha value is -1.13. The number of hydrogen-bond donors (Lipinski definition) is 1. The van der Waals surface area contributed by atoms with E-state index in [0.29, 0.717) is 6.54 Å². The third-order valence-electron chi connectivity index (χ3n) is 2.04. The van der Waals surface area contributed by atoms with E-state index in [9.17, 15) is 0 Å². The van der Waals surface area contributed by atoms with E-state index in [0.717, 1.165) is 19.6 Å². The molecule has 1 heterocycles. The standard InChI is InChI=1S/C10H17N3O/c1-2-4-12(8-9-14)6-7-13-5-3-11-10-13/h2-3,5,10,14H,1,4,6-9H2. The van der Waals surface area contributed by atoms with E-state index in [1.54, 1.807) is 12.5 Å². The molecule has 0 saturated heterocycles. The molecule has 0 radical (unpaired) electrons. The molecular weight excluding hydrogens is 178 g/mol. The van der Waals surface area contributed by atoms with Gasteiger partial charge in [0.1, 0.15) is 0 Å². The van der Waals surface area contributed by atoms with Gasteiger partial charge < -0.3 is 9.67 Å². The van der Waals surface area contributed by atoms with Crippen LogP contribution in [0.4, 0.5) is 0 Å². The molecule has 1 aromatic rings. The number of aromatic nitrogens is 2. The van der Waals surface area contributed by atoms with Gasteiger partial charge in [-0.05, 0) is 0 Å². The third kappa shape index (κ3) is 3.72. The number of nitrogens with zero attached hydrogens (tertiary/aromatic N) is 3. The molecule has 1 rings (SSSR count). The molecule has 0 atom stereocenters. The summed E-state index contributed by atoms with van der Waals surface area (Å²) in [6.07, 6.45) is 7.35. The van der Waals surface area contributed by atoms with Crippen LogP contribution in [0.2, 0.25) is 0 Å². The lowest BCUT2D eigenvalue weighted by molar-refractivity contribution is 0.204. The highest BCUT2D eigenvalue weighted by molar-refractivity contribution is 4.77. The molecule has 1 N–H and O–H groups in total. The van der Waals surface area contributed by atoms with Crippen LogP contribution < -0.4 is 0 Å². The number of rotatable bonds is 7. The zero-order valence-corrected chi connectivity index (χ0v) is 8.34. The molecule has 0 fully saturated rings. The van der Waals surface area contributed by atoms with Crippen LogP contribution in [-0.2, 0) is 6.54 Å². The van der Waals surface area contributed by atoms with Crippen molar-refractivity contribution in [3.05, 3.63) is 31.4 Å². The zero-order valence-electron chi connectivity index (χ0n) is 8.34. The van der Waals surface area contributed by atoms with Crippen molar-refractivity contribution in [2.75, 3.05) is 26.2 Å². The van der Waals surface area contributed by atoms with Crippen LogP contribution >= 0.6 is 0 Å². The molecule has 4 heteroatoms. The van der Waals surface area contributed by atoms with Crippen LogP contribution in [0, 0.1) is 0 Å². The Morgan fingerprint density at radius 1 is 1.50 bits per heavy atom. The van der Waals surface area contributed by atoms with Crippen molar-refractivity contribution >= 4 is 0 Å². The second kappa shape index (κ2) is 6.34. The van der Waals surface area contributed by atoms with Gasteiger partial charge in [0.15, 0.2) is 0 Å². The highest BCUT2D eigenvalue weighted by atomic mass is 16.3. The maximum Gasteiger partial charge on any atom is 0.0946 e. The van der Waals surface area contributed by atoms with Gasteiger partial charge in [-0.1, -0.05) is 6.08 Å². The number of hydrogen-bond acceptors (Lipinski definition) is 3. The maximum absolute atomic E-state index is 8.83. The predicted octanol–water partition coefficient (Wildman–Crippen LogP) is 0.363. The number of imidazole rings is 1. The normalized spacial score (nSPS) is 10.7. The van der Waals surface area contributed by atoms with Crippen molar-refractivity contribution in [2.24, 2.45) is 0 Å². The van der Waals surface area contributed by atoms with Crippen LogP contribution in [-0.4, -0.2) is 45.8 Å². The van der Waals surface area contributed by atoms with Crippen molar-refractivity contribution < 1.29 is 5.11 Å². The molecule has 78 valence electrons. The van der Waals surface area contributed by atoms with E-state index in [-0.39, 0.29) is 6.61 Å². The minimum absolute atomic E-state index is 0.192. The lowest BCUT2D eigenvalue weighted by Gasteiger charge is -2.19. The van der Waals surface area contributed by atoms with Gasteiger partial charge in [0.2, 0.25) is 0 Å². The summed E-state index contributed by atoms with van der Waals surface area (Å²) in [6, 6.07) is 0. The summed E-state index contributed by atoms with van der Waals surface area (Å²) in [5, 5.41) is 8.83. The Morgan fingerprint density at radius 3 is 2.93 bits per heavy atom. The summed E-state index contributed by atoms with van der Waals surface area (Å²) in [6.45, 7) is 7.19. The summed E-state index contributed by atoms with van der Waals surface area (Å²) < 4.78 is 2.02. The molecule has 4 nitrogen and oxygen atoms in total. The van der Waals surface area contributed by atoms with E-state index < -0.39 is 0 Å². The van der Waals surface area contributed by atoms with Gasteiger partial charge in [0.25, 0.3) is 0 Å². The highest BCUT2D eigenvalue weighted by Crippen LogP contribution is 1.92. The predicted molar refractivity (Wildman–Crippen MR) is 55.9 cm³/mol. The highest BCUT2D eigenvalue weighted by Gasteiger charge is 2.01. The average molecular weight is 195 g/mol. The average Bonchev–Trinajstić information content (AvgIpc) is 2.67. The van der Waals surface area contributed by atoms with Crippen LogP contribution in [0.5, 0.6) is 0 Å². The first-order valence-electron chi connectivity index (χ1n) is 4.76. The van der Waals surface area contributed by atoms with E-state index in [4.69, 9.17) is 5.11 Å². The SMILES string of the molecule is C=CCN(CCO)CCn1ccnc1. The molecule has 0 saturated carbocycles. The smallest absolute Gasteiger partial charge is 0.0946 e. The van der Waals surface area contributed by atoms with Crippen LogP contribution in [0.15, 0.2) is 31.4 Å². The van der Waals surface area contributed by atoms with E-state index in [2.05, 4.69) is 16.5 Å². The molecule has 0 unspecified atom stereocenters. The minimum atomic E-state index is 0.192. The lowest BCUT2D eigenvalue weighted by atomic mass is 10.4. The molecular formula is C10H17N3O. The molecule has 0 aliphatic heterocycles. The van der Waals surface area contributed by atoms with Gasteiger partial charge in [0, 0.05) is 38.6 Å². The van der Waals surface area contributed by atoms with Crippen LogP contribution in [0.3, 0.4) is 0 Å². The number of aliphatic hydroxyl groups excluding tert-OH is 1. The van der Waals surface area contributed by atoms with Crippen LogP contribution in [0.1, 0.15) is 0 Å². The molecule has 1 aromatic heterocycles. The Labute approximate surface area is 84.5 Å². The van der Waals surface area contributed by atoms with Gasteiger partial charge in [-0.25, -0.2) is 4.98 Å². The van der Waals surface area contributed by atoms with Crippen molar-refractivity contribution in [1.82, 2.24) is 14.5 Å². The Morgan fingerprint density at radius 2 is 2.36 bits per heavy atom. The topological polar surface area (TPSA) is 41.3 Å². The monoisotopic (exact) mass is 195 g/mol. The largest absolute Gasteiger partial charge is 0.395 e. The number of aliphatic hydroxyl groups is 1. The first-order valence-corrected chi connectivity index (χ1v) is 4.76. The fraction of sp³-hybridized carbons (Fsp3) is 0.500. The fourth-order valence-corrected chi connectivity index (χ4v) is 1.29. The van der Waals surface area contributed by atoms with E-state index >= 15 is 0 Å². The molecule has 0 aliphatic rings. The second-order valence-electron chi connectivity index (χ2n) is 3.11. The van der Waals surface area contributed by atoms with Gasteiger partial charge in [-0.15, -0.1) is 6.58 Å². The Bertz CT molecular complexity index is 246. The quantitative estimate of drug-likeness (QED) is 0.639. The Balaban J connectivity index is 2.28. The first kappa shape index (κ1) is 10.9.